The van der Waals surface area contributed by atoms with Crippen LogP contribution in [0.25, 0.3) is 0 Å². The summed E-state index contributed by atoms with van der Waals surface area (Å²) < 4.78 is 30.9. The number of aliphatic hydroxyl groups excluding tert-OH is 2. The van der Waals surface area contributed by atoms with Crippen LogP contribution < -0.4 is 11.2 Å². The second-order valence-corrected chi connectivity index (χ2v) is 4.53. The van der Waals surface area contributed by atoms with E-state index in [0.717, 1.165) is 10.8 Å². The minimum absolute atomic E-state index is 0.0191. The number of halogens is 2. The van der Waals surface area contributed by atoms with Gasteiger partial charge in [0.1, 0.15) is 12.3 Å². The van der Waals surface area contributed by atoms with Crippen molar-refractivity contribution in [3.63, 3.8) is 0 Å². The lowest BCUT2D eigenvalue weighted by Gasteiger charge is -2.15. The van der Waals surface area contributed by atoms with Crippen molar-refractivity contribution >= 4 is 0 Å². The number of nitrogens with zero attached hydrogens (tertiary/aromatic N) is 1. The van der Waals surface area contributed by atoms with Gasteiger partial charge in [-0.15, -0.1) is 0 Å². The number of hydrogen-bond donors (Lipinski definition) is 3. The number of alkyl halides is 2. The minimum atomic E-state index is -2.72. The maximum atomic E-state index is 12.3. The highest BCUT2D eigenvalue weighted by molar-refractivity contribution is 5.06. The van der Waals surface area contributed by atoms with Gasteiger partial charge in [0.15, 0.2) is 0 Å². The predicted octanol–water partition coefficient (Wildman–Crippen LogP) is -1.02. The number of H-pyrrole nitrogens is 1. The van der Waals surface area contributed by atoms with E-state index in [0.29, 0.717) is 0 Å². The summed E-state index contributed by atoms with van der Waals surface area (Å²) in [6.07, 6.45) is -5.21. The highest BCUT2D eigenvalue weighted by Crippen LogP contribution is 2.27. The molecule has 1 aliphatic rings. The summed E-state index contributed by atoms with van der Waals surface area (Å²) in [5, 5.41) is 18.5. The van der Waals surface area contributed by atoms with Crippen molar-refractivity contribution < 1.29 is 23.7 Å². The van der Waals surface area contributed by atoms with E-state index in [9.17, 15) is 23.5 Å². The molecule has 0 aromatic carbocycles. The first-order valence-electron chi connectivity index (χ1n) is 5.99. The van der Waals surface area contributed by atoms with Crippen molar-refractivity contribution in [2.45, 2.75) is 37.7 Å². The molecule has 0 saturated carbocycles. The van der Waals surface area contributed by atoms with Crippen LogP contribution >= 0.6 is 0 Å². The molecule has 1 saturated heterocycles. The largest absolute Gasteiger partial charge is 0.394 e. The van der Waals surface area contributed by atoms with Gasteiger partial charge in [-0.2, -0.15) is 0 Å². The number of rotatable bonds is 4. The Morgan fingerprint density at radius 1 is 1.50 bits per heavy atom. The van der Waals surface area contributed by atoms with E-state index in [-0.39, 0.29) is 12.0 Å². The summed E-state index contributed by atoms with van der Waals surface area (Å²) in [7, 11) is 0. The molecule has 0 unspecified atom stereocenters. The maximum Gasteiger partial charge on any atom is 0.330 e. The number of aliphatic hydroxyl groups is 2. The zero-order valence-corrected chi connectivity index (χ0v) is 10.3. The van der Waals surface area contributed by atoms with Crippen LogP contribution in [0.5, 0.6) is 0 Å². The SMILES string of the molecule is O=c1[nH]c(=O)n([C@H]2C[C@H](O)[C@@H](CO)O2)cc1CC(F)F. The fourth-order valence-corrected chi connectivity index (χ4v) is 2.10. The summed E-state index contributed by atoms with van der Waals surface area (Å²) in [6, 6.07) is 0. The van der Waals surface area contributed by atoms with Gasteiger partial charge >= 0.3 is 5.69 Å². The Bertz CT molecular complexity index is 585. The minimum Gasteiger partial charge on any atom is -0.394 e. The van der Waals surface area contributed by atoms with E-state index < -0.39 is 49.1 Å². The van der Waals surface area contributed by atoms with Crippen LogP contribution in [0, 0.1) is 0 Å². The smallest absolute Gasteiger partial charge is 0.330 e. The van der Waals surface area contributed by atoms with Crippen molar-refractivity contribution in [2.24, 2.45) is 0 Å². The van der Waals surface area contributed by atoms with Crippen molar-refractivity contribution in [3.05, 3.63) is 32.6 Å². The molecule has 1 aliphatic heterocycles. The lowest BCUT2D eigenvalue weighted by molar-refractivity contribution is -0.0460. The lowest BCUT2D eigenvalue weighted by Crippen LogP contribution is -2.34. The molecule has 0 radical (unpaired) electrons. The van der Waals surface area contributed by atoms with E-state index in [2.05, 4.69) is 0 Å². The van der Waals surface area contributed by atoms with E-state index in [4.69, 9.17) is 9.84 Å². The molecular weight excluding hydrogens is 278 g/mol. The van der Waals surface area contributed by atoms with Gasteiger partial charge in [0, 0.05) is 24.6 Å². The van der Waals surface area contributed by atoms with Crippen molar-refractivity contribution in [3.8, 4) is 0 Å². The van der Waals surface area contributed by atoms with E-state index in [1.807, 2.05) is 4.98 Å². The number of aromatic nitrogens is 2. The van der Waals surface area contributed by atoms with E-state index >= 15 is 0 Å². The fourth-order valence-electron chi connectivity index (χ4n) is 2.10. The zero-order chi connectivity index (χ0) is 14.9. The first kappa shape index (κ1) is 14.8. The molecule has 2 heterocycles. The van der Waals surface area contributed by atoms with Gasteiger partial charge in [-0.25, -0.2) is 13.6 Å². The van der Waals surface area contributed by atoms with Gasteiger partial charge in [-0.1, -0.05) is 0 Å². The van der Waals surface area contributed by atoms with Crippen LogP contribution in [-0.4, -0.2) is 45.0 Å². The molecule has 9 heteroatoms. The average Bonchev–Trinajstić information content (AvgIpc) is 2.73. The topological polar surface area (TPSA) is 105 Å². The molecule has 20 heavy (non-hydrogen) atoms. The van der Waals surface area contributed by atoms with Crippen LogP contribution in [0.15, 0.2) is 15.8 Å². The highest BCUT2D eigenvalue weighted by Gasteiger charge is 2.35. The highest BCUT2D eigenvalue weighted by atomic mass is 19.3. The Labute approximate surface area is 111 Å². The Hall–Kier alpha value is -1.58. The summed E-state index contributed by atoms with van der Waals surface area (Å²) >= 11 is 0. The third-order valence-electron chi connectivity index (χ3n) is 3.11. The van der Waals surface area contributed by atoms with Crippen molar-refractivity contribution in [1.82, 2.24) is 9.55 Å². The van der Waals surface area contributed by atoms with Crippen LogP contribution in [-0.2, 0) is 11.2 Å². The third kappa shape index (κ3) is 2.94. The van der Waals surface area contributed by atoms with Gasteiger partial charge < -0.3 is 14.9 Å². The van der Waals surface area contributed by atoms with Gasteiger partial charge in [0.05, 0.1) is 12.7 Å². The molecule has 0 aliphatic carbocycles. The molecule has 1 aromatic rings. The van der Waals surface area contributed by atoms with Gasteiger partial charge in [-0.05, 0) is 0 Å². The number of nitrogens with one attached hydrogen (secondary N) is 1. The van der Waals surface area contributed by atoms with E-state index in [1.54, 1.807) is 0 Å². The molecule has 0 bridgehead atoms. The third-order valence-corrected chi connectivity index (χ3v) is 3.11. The summed E-state index contributed by atoms with van der Waals surface area (Å²) in [6.45, 7) is -0.431. The Morgan fingerprint density at radius 3 is 2.75 bits per heavy atom. The second-order valence-electron chi connectivity index (χ2n) is 4.53. The molecule has 7 nitrogen and oxygen atoms in total. The fraction of sp³-hybridized carbons (Fsp3) is 0.636. The Morgan fingerprint density at radius 2 is 2.20 bits per heavy atom. The quantitative estimate of drug-likeness (QED) is 0.659. The standard InChI is InChI=1S/C11H14F2N2O5/c12-8(13)1-5-3-15(11(19)14-10(5)18)9-2-6(17)7(4-16)20-9/h3,6-9,16-17H,1-2,4H2,(H,14,18,19)/t6-,7+,9+/m0/s1. The molecule has 3 atom stereocenters. The average molecular weight is 292 g/mol. The molecule has 1 aromatic heterocycles. The summed E-state index contributed by atoms with van der Waals surface area (Å²) in [5.74, 6) is 0. The Kier molecular flexibility index (Phi) is 4.31. The Balaban J connectivity index is 2.33. The number of hydrogen-bond acceptors (Lipinski definition) is 5. The molecule has 0 spiro atoms. The van der Waals surface area contributed by atoms with Gasteiger partial charge in [0.2, 0.25) is 6.43 Å². The number of aromatic amines is 1. The van der Waals surface area contributed by atoms with Crippen LogP contribution in [0.4, 0.5) is 8.78 Å². The normalized spacial score (nSPS) is 26.4. The van der Waals surface area contributed by atoms with E-state index in [1.165, 1.54) is 0 Å². The summed E-state index contributed by atoms with van der Waals surface area (Å²) in [4.78, 5) is 25.0. The zero-order valence-electron chi connectivity index (χ0n) is 10.3. The molecular formula is C11H14F2N2O5. The first-order valence-corrected chi connectivity index (χ1v) is 5.99. The van der Waals surface area contributed by atoms with Gasteiger partial charge in [0.25, 0.3) is 5.56 Å². The van der Waals surface area contributed by atoms with Crippen molar-refractivity contribution in [1.29, 1.82) is 0 Å². The van der Waals surface area contributed by atoms with Gasteiger partial charge in [-0.3, -0.25) is 14.3 Å². The maximum absolute atomic E-state index is 12.3. The molecule has 3 N–H and O–H groups in total. The predicted molar refractivity (Wildman–Crippen MR) is 62.7 cm³/mol. The van der Waals surface area contributed by atoms with Crippen LogP contribution in [0.1, 0.15) is 18.2 Å². The summed E-state index contributed by atoms with van der Waals surface area (Å²) in [5.41, 5.74) is -1.93. The number of ether oxygens (including phenoxy) is 1. The molecule has 112 valence electrons. The molecule has 1 fully saturated rings. The molecule has 2 rings (SSSR count). The van der Waals surface area contributed by atoms with Crippen LogP contribution in [0.2, 0.25) is 0 Å². The van der Waals surface area contributed by atoms with Crippen molar-refractivity contribution in [2.75, 3.05) is 6.61 Å². The molecule has 0 amide bonds. The lowest BCUT2D eigenvalue weighted by atomic mass is 10.2. The van der Waals surface area contributed by atoms with Crippen LogP contribution in [0.3, 0.4) is 0 Å². The first-order chi connectivity index (χ1) is 9.42. The second kappa shape index (κ2) is 5.81. The monoisotopic (exact) mass is 292 g/mol.